The number of hydrogen-bond acceptors (Lipinski definition) is 5. The van der Waals surface area contributed by atoms with E-state index in [9.17, 15) is 19.7 Å². The molecule has 0 aliphatic carbocycles. The van der Waals surface area contributed by atoms with Gasteiger partial charge in [0.05, 0.1) is 27.2 Å². The van der Waals surface area contributed by atoms with Crippen LogP contribution < -0.4 is 11.1 Å². The number of nitrogens with zero attached hydrogens (tertiary/aromatic N) is 5. The quantitative estimate of drug-likeness (QED) is 0.277. The lowest BCUT2D eigenvalue weighted by molar-refractivity contribution is -0.384. The van der Waals surface area contributed by atoms with Crippen molar-refractivity contribution in [2.24, 2.45) is 7.05 Å². The molecule has 0 bridgehead atoms. The number of benzene rings is 3. The highest BCUT2D eigenvalue weighted by molar-refractivity contribution is 5.80. The van der Waals surface area contributed by atoms with Gasteiger partial charge in [-0.05, 0) is 55.0 Å². The summed E-state index contributed by atoms with van der Waals surface area (Å²) >= 11 is 0. The smallest absolute Gasteiger partial charge is 0.283 e. The minimum absolute atomic E-state index is 0.0192. The van der Waals surface area contributed by atoms with Crippen molar-refractivity contribution in [3.05, 3.63) is 127 Å². The average Bonchev–Trinajstić information content (AvgIpc) is 3.11. The summed E-state index contributed by atoms with van der Waals surface area (Å²) in [5, 5.41) is 11.3. The molecule has 36 heavy (non-hydrogen) atoms. The number of hydrogen-bond donors (Lipinski definition) is 0. The fraction of sp³-hybridized carbons (Fsp3) is 0.0741. The van der Waals surface area contributed by atoms with Crippen molar-refractivity contribution >= 4 is 28.7 Å². The Labute approximate surface area is 204 Å². The van der Waals surface area contributed by atoms with Gasteiger partial charge in [0, 0.05) is 19.2 Å². The molecule has 2 aromatic heterocycles. The zero-order chi connectivity index (χ0) is 25.4. The van der Waals surface area contributed by atoms with Gasteiger partial charge in [-0.25, -0.2) is 9.67 Å². The SMILES string of the molecule is Cc1c(-n2c(C=Cc3ccc([N+](=O)[O-])cc3)nc3ccccc3c2=O)c(=O)n(-c2ccccc2)n1C. The van der Waals surface area contributed by atoms with Crippen LogP contribution >= 0.6 is 0 Å². The second kappa shape index (κ2) is 8.95. The van der Waals surface area contributed by atoms with E-state index in [2.05, 4.69) is 4.98 Å². The summed E-state index contributed by atoms with van der Waals surface area (Å²) in [5.74, 6) is 0.267. The molecule has 3 aromatic carbocycles. The first-order chi connectivity index (χ1) is 17.4. The van der Waals surface area contributed by atoms with Crippen molar-refractivity contribution in [3.8, 4) is 11.4 Å². The Morgan fingerprint density at radius 1 is 0.861 bits per heavy atom. The fourth-order valence-corrected chi connectivity index (χ4v) is 4.17. The molecule has 0 saturated carbocycles. The third-order valence-corrected chi connectivity index (χ3v) is 6.08. The van der Waals surface area contributed by atoms with Crippen LogP contribution in [-0.4, -0.2) is 23.8 Å². The van der Waals surface area contributed by atoms with Crippen molar-refractivity contribution < 1.29 is 4.92 Å². The normalized spacial score (nSPS) is 11.4. The van der Waals surface area contributed by atoms with Crippen molar-refractivity contribution in [2.75, 3.05) is 0 Å². The summed E-state index contributed by atoms with van der Waals surface area (Å²) in [6, 6.07) is 22.2. The summed E-state index contributed by atoms with van der Waals surface area (Å²) < 4.78 is 4.55. The van der Waals surface area contributed by atoms with E-state index in [0.717, 1.165) is 0 Å². The van der Waals surface area contributed by atoms with Gasteiger partial charge < -0.3 is 0 Å². The van der Waals surface area contributed by atoms with E-state index in [4.69, 9.17) is 0 Å². The Kier molecular flexibility index (Phi) is 5.65. The van der Waals surface area contributed by atoms with Crippen LogP contribution in [0.1, 0.15) is 17.1 Å². The fourth-order valence-electron chi connectivity index (χ4n) is 4.17. The molecule has 0 fully saturated rings. The predicted octanol–water partition coefficient (Wildman–Crippen LogP) is 4.26. The van der Waals surface area contributed by atoms with Gasteiger partial charge in [-0.1, -0.05) is 36.4 Å². The maximum atomic E-state index is 13.7. The molecule has 178 valence electrons. The number of aromatic nitrogens is 4. The lowest BCUT2D eigenvalue weighted by Gasteiger charge is -2.10. The highest BCUT2D eigenvalue weighted by Crippen LogP contribution is 2.19. The van der Waals surface area contributed by atoms with E-state index in [1.165, 1.54) is 21.4 Å². The van der Waals surface area contributed by atoms with Crippen LogP contribution in [-0.2, 0) is 7.05 Å². The van der Waals surface area contributed by atoms with Gasteiger partial charge in [0.25, 0.3) is 16.8 Å². The Balaban J connectivity index is 1.75. The van der Waals surface area contributed by atoms with Gasteiger partial charge in [0.2, 0.25) is 0 Å². The number of rotatable bonds is 5. The molecule has 0 aliphatic heterocycles. The largest absolute Gasteiger partial charge is 0.296 e. The first-order valence-corrected chi connectivity index (χ1v) is 11.2. The second-order valence-corrected chi connectivity index (χ2v) is 8.22. The van der Waals surface area contributed by atoms with Crippen LogP contribution in [0.4, 0.5) is 5.69 Å². The zero-order valence-corrected chi connectivity index (χ0v) is 19.5. The van der Waals surface area contributed by atoms with Gasteiger partial charge in [0.15, 0.2) is 0 Å². The second-order valence-electron chi connectivity index (χ2n) is 8.22. The van der Waals surface area contributed by atoms with Gasteiger partial charge in [-0.2, -0.15) is 0 Å². The van der Waals surface area contributed by atoms with E-state index in [-0.39, 0.29) is 28.3 Å². The van der Waals surface area contributed by atoms with Crippen molar-refractivity contribution in [3.63, 3.8) is 0 Å². The maximum Gasteiger partial charge on any atom is 0.296 e. The van der Waals surface area contributed by atoms with E-state index in [0.29, 0.717) is 27.8 Å². The van der Waals surface area contributed by atoms with Gasteiger partial charge in [0.1, 0.15) is 11.5 Å². The van der Waals surface area contributed by atoms with Crippen LogP contribution in [0.3, 0.4) is 0 Å². The van der Waals surface area contributed by atoms with Crippen molar-refractivity contribution in [2.45, 2.75) is 6.92 Å². The summed E-state index contributed by atoms with van der Waals surface area (Å²) in [5.41, 5.74) is 1.90. The predicted molar refractivity (Wildman–Crippen MR) is 139 cm³/mol. The standard InChI is InChI=1S/C27H21N5O4/c1-18-25(27(34)31(29(18)2)20-8-4-3-5-9-20)30-24(28-23-11-7-6-10-22(23)26(30)33)17-14-19-12-15-21(16-13-19)32(35)36/h3-17H,1-2H3. The highest BCUT2D eigenvalue weighted by atomic mass is 16.6. The molecule has 2 heterocycles. The van der Waals surface area contributed by atoms with Crippen molar-refractivity contribution in [1.82, 2.24) is 18.9 Å². The number of para-hydroxylation sites is 2. The van der Waals surface area contributed by atoms with Crippen molar-refractivity contribution in [1.29, 1.82) is 0 Å². The minimum atomic E-state index is -0.466. The highest BCUT2D eigenvalue weighted by Gasteiger charge is 2.22. The number of fused-ring (bicyclic) bond motifs is 1. The molecular formula is C27H21N5O4. The Morgan fingerprint density at radius 2 is 1.53 bits per heavy atom. The molecule has 0 spiro atoms. The summed E-state index contributed by atoms with van der Waals surface area (Å²) in [7, 11) is 1.76. The Morgan fingerprint density at radius 3 is 2.22 bits per heavy atom. The third kappa shape index (κ3) is 3.82. The zero-order valence-electron chi connectivity index (χ0n) is 19.5. The molecule has 0 atom stereocenters. The number of nitro groups is 1. The first-order valence-electron chi connectivity index (χ1n) is 11.2. The number of non-ortho nitro benzene ring substituents is 1. The molecule has 0 aliphatic rings. The molecule has 0 amide bonds. The van der Waals surface area contributed by atoms with Gasteiger partial charge >= 0.3 is 0 Å². The topological polar surface area (TPSA) is 105 Å². The lowest BCUT2D eigenvalue weighted by atomic mass is 10.2. The molecule has 0 unspecified atom stereocenters. The summed E-state index contributed by atoms with van der Waals surface area (Å²) in [4.78, 5) is 42.6. The average molecular weight is 479 g/mol. The van der Waals surface area contributed by atoms with E-state index >= 15 is 0 Å². The minimum Gasteiger partial charge on any atom is -0.283 e. The first kappa shape index (κ1) is 22.7. The maximum absolute atomic E-state index is 13.7. The Hall–Kier alpha value is -5.05. The molecule has 5 rings (SSSR count). The van der Waals surface area contributed by atoms with Crippen LogP contribution in [0.2, 0.25) is 0 Å². The van der Waals surface area contributed by atoms with Crippen LogP contribution in [0.15, 0.2) is 88.5 Å². The third-order valence-electron chi connectivity index (χ3n) is 6.08. The Bertz CT molecular complexity index is 1760. The molecule has 9 nitrogen and oxygen atoms in total. The van der Waals surface area contributed by atoms with E-state index in [1.807, 2.05) is 30.3 Å². The number of nitro benzene ring substituents is 1. The summed E-state index contributed by atoms with van der Waals surface area (Å²) in [6.07, 6.45) is 3.33. The van der Waals surface area contributed by atoms with Gasteiger partial charge in [-0.3, -0.25) is 29.0 Å². The monoisotopic (exact) mass is 479 g/mol. The molecule has 5 aromatic rings. The van der Waals surface area contributed by atoms with Crippen LogP contribution in [0.5, 0.6) is 0 Å². The molecule has 9 heteroatoms. The van der Waals surface area contributed by atoms with Gasteiger partial charge in [-0.15, -0.1) is 0 Å². The molecule has 0 saturated heterocycles. The van der Waals surface area contributed by atoms with E-state index in [1.54, 1.807) is 67.2 Å². The van der Waals surface area contributed by atoms with E-state index < -0.39 is 4.92 Å². The summed E-state index contributed by atoms with van der Waals surface area (Å²) in [6.45, 7) is 1.78. The molecule has 0 N–H and O–H groups in total. The lowest BCUT2D eigenvalue weighted by Crippen LogP contribution is -2.28. The molecular weight excluding hydrogens is 458 g/mol. The van der Waals surface area contributed by atoms with Crippen LogP contribution in [0, 0.1) is 17.0 Å². The van der Waals surface area contributed by atoms with Crippen LogP contribution in [0.25, 0.3) is 34.4 Å². The molecule has 0 radical (unpaired) electrons.